The molecule has 1 atom stereocenters. The van der Waals surface area contributed by atoms with Crippen LogP contribution in [0.4, 0.5) is 4.39 Å². The number of ether oxygens (including phenoxy) is 2. The van der Waals surface area contributed by atoms with Crippen LogP contribution in [-0.2, 0) is 4.74 Å². The van der Waals surface area contributed by atoms with E-state index < -0.39 is 0 Å². The van der Waals surface area contributed by atoms with Gasteiger partial charge in [0.1, 0.15) is 17.3 Å². The van der Waals surface area contributed by atoms with Crippen LogP contribution in [0, 0.1) is 5.82 Å². The second-order valence-corrected chi connectivity index (χ2v) is 8.56. The number of aromatic nitrogens is 5. The number of rotatable bonds is 7. The summed E-state index contributed by atoms with van der Waals surface area (Å²) < 4.78 is 25.6. The molecule has 1 aliphatic heterocycles. The van der Waals surface area contributed by atoms with Crippen molar-refractivity contribution in [2.24, 2.45) is 5.10 Å². The summed E-state index contributed by atoms with van der Waals surface area (Å²) >= 11 is 1.60. The topological polar surface area (TPSA) is 90.2 Å². The van der Waals surface area contributed by atoms with Gasteiger partial charge in [-0.1, -0.05) is 11.8 Å². The van der Waals surface area contributed by atoms with Gasteiger partial charge in [0.25, 0.3) is 0 Å². The van der Waals surface area contributed by atoms with E-state index >= 15 is 0 Å². The molecule has 0 radical (unpaired) electrons. The summed E-state index contributed by atoms with van der Waals surface area (Å²) in [5.74, 6) is 1.05. The Bertz CT molecular complexity index is 1280. The van der Waals surface area contributed by atoms with Gasteiger partial charge in [-0.15, -0.1) is 10.2 Å². The average Bonchev–Trinajstić information content (AvgIpc) is 3.49. The fraction of sp³-hybridized carbons (Fsp3) is 0.217. The molecule has 0 amide bonds. The molecule has 1 aliphatic rings. The molecule has 2 aromatic carbocycles. The second-order valence-electron chi connectivity index (χ2n) is 7.39. The summed E-state index contributed by atoms with van der Waals surface area (Å²) in [6.45, 7) is 0.607. The van der Waals surface area contributed by atoms with Crippen molar-refractivity contribution in [2.45, 2.75) is 16.8 Å². The molecule has 2 aromatic heterocycles. The third-order valence-corrected chi connectivity index (χ3v) is 6.51. The number of aromatic amines is 1. The number of thioether (sulfide) groups is 1. The van der Waals surface area contributed by atoms with Gasteiger partial charge in [-0.3, -0.25) is 5.10 Å². The highest BCUT2D eigenvalue weighted by atomic mass is 32.2. The Balaban J connectivity index is 1.52. The van der Waals surface area contributed by atoms with Crippen molar-refractivity contribution < 1.29 is 13.9 Å². The Kier molecular flexibility index (Phi) is 5.93. The smallest absolute Gasteiger partial charge is 0.213 e. The van der Waals surface area contributed by atoms with E-state index in [1.54, 1.807) is 42.8 Å². The molecule has 1 unspecified atom stereocenters. The zero-order valence-electron chi connectivity index (χ0n) is 18.0. The van der Waals surface area contributed by atoms with Crippen LogP contribution in [0.15, 0.2) is 64.9 Å². The minimum atomic E-state index is -0.290. The molecule has 1 N–H and O–H groups in total. The number of nitrogens with one attached hydrogen (secondary N) is 1. The average molecular weight is 465 g/mol. The molecule has 33 heavy (non-hydrogen) atoms. The minimum absolute atomic E-state index is 0.0689. The predicted octanol–water partition coefficient (Wildman–Crippen LogP) is 4.25. The number of H-pyrrole nitrogens is 1. The largest absolute Gasteiger partial charge is 0.497 e. The number of benzene rings is 2. The third kappa shape index (κ3) is 4.27. The van der Waals surface area contributed by atoms with Gasteiger partial charge in [0.2, 0.25) is 11.0 Å². The zero-order valence-corrected chi connectivity index (χ0v) is 18.8. The Labute approximate surface area is 193 Å². The van der Waals surface area contributed by atoms with Crippen molar-refractivity contribution in [2.75, 3.05) is 20.8 Å². The van der Waals surface area contributed by atoms with Gasteiger partial charge in [0.05, 0.1) is 23.8 Å². The molecular formula is C23H21FN6O2S. The lowest BCUT2D eigenvalue weighted by Gasteiger charge is -2.23. The van der Waals surface area contributed by atoms with Gasteiger partial charge in [0, 0.05) is 19.3 Å². The molecule has 8 nitrogen and oxygen atoms in total. The van der Waals surface area contributed by atoms with E-state index in [-0.39, 0.29) is 11.1 Å². The number of hydrogen-bond acceptors (Lipinski definition) is 7. The molecular weight excluding hydrogens is 443 g/mol. The van der Waals surface area contributed by atoms with Gasteiger partial charge in [-0.25, -0.2) is 4.39 Å². The Morgan fingerprint density at radius 1 is 1.03 bits per heavy atom. The number of halogens is 1. The van der Waals surface area contributed by atoms with Crippen LogP contribution in [0.5, 0.6) is 5.75 Å². The van der Waals surface area contributed by atoms with Crippen LogP contribution in [0.2, 0.25) is 0 Å². The highest BCUT2D eigenvalue weighted by Crippen LogP contribution is 2.35. The van der Waals surface area contributed by atoms with Crippen molar-refractivity contribution in [1.82, 2.24) is 25.1 Å². The van der Waals surface area contributed by atoms with E-state index in [1.165, 1.54) is 12.1 Å². The first-order valence-electron chi connectivity index (χ1n) is 10.3. The normalized spacial score (nSPS) is 15.2. The van der Waals surface area contributed by atoms with Crippen LogP contribution in [0.1, 0.15) is 12.0 Å². The molecule has 5 rings (SSSR count). The van der Waals surface area contributed by atoms with E-state index in [2.05, 4.69) is 20.4 Å². The first-order chi connectivity index (χ1) is 16.2. The van der Waals surface area contributed by atoms with Crippen LogP contribution in [0.25, 0.3) is 22.8 Å². The molecule has 0 spiro atoms. The maximum atomic E-state index is 13.3. The maximum absolute atomic E-state index is 13.3. The van der Waals surface area contributed by atoms with Gasteiger partial charge in [-0.2, -0.15) is 14.9 Å². The second kappa shape index (κ2) is 9.16. The van der Waals surface area contributed by atoms with Gasteiger partial charge in [0.15, 0.2) is 0 Å². The lowest BCUT2D eigenvalue weighted by Crippen LogP contribution is -2.25. The van der Waals surface area contributed by atoms with Gasteiger partial charge in [-0.05, 0) is 66.6 Å². The Morgan fingerprint density at radius 2 is 1.79 bits per heavy atom. The Morgan fingerprint density at radius 3 is 2.52 bits per heavy atom. The van der Waals surface area contributed by atoms with Crippen molar-refractivity contribution in [1.29, 1.82) is 0 Å². The van der Waals surface area contributed by atoms with Crippen LogP contribution in [0.3, 0.4) is 0 Å². The summed E-state index contributed by atoms with van der Waals surface area (Å²) in [4.78, 5) is 0. The van der Waals surface area contributed by atoms with E-state index in [0.717, 1.165) is 29.0 Å². The summed E-state index contributed by atoms with van der Waals surface area (Å²) in [7, 11) is 3.33. The molecule has 0 saturated carbocycles. The number of methoxy groups -OCH3 is 2. The van der Waals surface area contributed by atoms with E-state index in [9.17, 15) is 4.39 Å². The number of fused-ring (bicyclic) bond motifs is 1. The highest BCUT2D eigenvalue weighted by Gasteiger charge is 2.29. The van der Waals surface area contributed by atoms with Crippen LogP contribution < -0.4 is 4.74 Å². The van der Waals surface area contributed by atoms with Gasteiger partial charge < -0.3 is 9.47 Å². The standard InChI is InChI=1S/C23H21FN6O2S/c1-31-12-11-20-21(15-5-9-17(32-2)10-6-15)29-30-22(27-28-23(30)33-20)19-13-18(25-26-19)14-3-7-16(24)8-4-14/h3-10,13,20H,11-12H2,1-2H3,(H,25,26). The quantitative estimate of drug-likeness (QED) is 0.440. The molecule has 4 aromatic rings. The summed E-state index contributed by atoms with van der Waals surface area (Å²) in [5.41, 5.74) is 4.05. The molecule has 0 bridgehead atoms. The van der Waals surface area contributed by atoms with Crippen LogP contribution >= 0.6 is 11.8 Å². The van der Waals surface area contributed by atoms with Crippen LogP contribution in [-0.4, -0.2) is 56.9 Å². The number of nitrogens with zero attached hydrogens (tertiary/aromatic N) is 5. The highest BCUT2D eigenvalue weighted by molar-refractivity contribution is 8.00. The fourth-order valence-electron chi connectivity index (χ4n) is 3.58. The molecule has 0 aliphatic carbocycles. The first-order valence-corrected chi connectivity index (χ1v) is 11.2. The van der Waals surface area contributed by atoms with E-state index in [1.807, 2.05) is 30.3 Å². The van der Waals surface area contributed by atoms with Crippen molar-refractivity contribution in [3.63, 3.8) is 0 Å². The summed E-state index contributed by atoms with van der Waals surface area (Å²) in [6, 6.07) is 15.9. The molecule has 0 saturated heterocycles. The maximum Gasteiger partial charge on any atom is 0.213 e. The molecule has 3 heterocycles. The fourth-order valence-corrected chi connectivity index (χ4v) is 4.66. The molecule has 168 valence electrons. The molecule has 10 heteroatoms. The number of hydrogen-bond donors (Lipinski definition) is 1. The van der Waals surface area contributed by atoms with E-state index in [0.29, 0.717) is 29.0 Å². The Hall–Kier alpha value is -3.50. The van der Waals surface area contributed by atoms with Gasteiger partial charge >= 0.3 is 0 Å². The lowest BCUT2D eigenvalue weighted by atomic mass is 10.1. The predicted molar refractivity (Wildman–Crippen MR) is 124 cm³/mol. The lowest BCUT2D eigenvalue weighted by molar-refractivity contribution is 0.197. The van der Waals surface area contributed by atoms with E-state index in [4.69, 9.17) is 14.6 Å². The van der Waals surface area contributed by atoms with Crippen molar-refractivity contribution in [3.8, 4) is 28.5 Å². The summed E-state index contributed by atoms with van der Waals surface area (Å²) in [6.07, 6.45) is 0.785. The monoisotopic (exact) mass is 464 g/mol. The van der Waals surface area contributed by atoms with Crippen molar-refractivity contribution >= 4 is 17.5 Å². The third-order valence-electron chi connectivity index (χ3n) is 5.30. The summed E-state index contributed by atoms with van der Waals surface area (Å²) in [5, 5.41) is 21.8. The zero-order chi connectivity index (χ0) is 22.8. The first kappa shape index (κ1) is 21.4. The molecule has 0 fully saturated rings. The van der Waals surface area contributed by atoms with Crippen molar-refractivity contribution in [3.05, 3.63) is 66.0 Å². The SMILES string of the molecule is COCCC1Sc2nnc(-c3cc(-c4ccc(F)cc4)n[nH]3)n2N=C1c1ccc(OC)cc1. The minimum Gasteiger partial charge on any atom is -0.497 e.